The number of nitrogens with one attached hydrogen (secondary N) is 1. The van der Waals surface area contributed by atoms with E-state index in [9.17, 15) is 9.59 Å². The molecule has 3 aromatic rings. The Bertz CT molecular complexity index is 1220. The third-order valence-electron chi connectivity index (χ3n) is 6.48. The van der Waals surface area contributed by atoms with Crippen molar-refractivity contribution in [2.24, 2.45) is 0 Å². The lowest BCUT2D eigenvalue weighted by Crippen LogP contribution is -2.51. The number of ether oxygens (including phenoxy) is 2. The van der Waals surface area contributed by atoms with Gasteiger partial charge in [0.25, 0.3) is 5.91 Å². The van der Waals surface area contributed by atoms with Gasteiger partial charge in [-0.05, 0) is 61.7 Å². The van der Waals surface area contributed by atoms with Crippen molar-refractivity contribution in [3.8, 4) is 22.9 Å². The van der Waals surface area contributed by atoms with E-state index in [0.29, 0.717) is 28.6 Å². The van der Waals surface area contributed by atoms with Crippen LogP contribution in [-0.4, -0.2) is 58.3 Å². The van der Waals surface area contributed by atoms with Crippen LogP contribution < -0.4 is 19.7 Å². The average Bonchev–Trinajstić information content (AvgIpc) is 3.57. The lowest BCUT2D eigenvalue weighted by molar-refractivity contribution is -0.127. The summed E-state index contributed by atoms with van der Waals surface area (Å²) in [6, 6.07) is 12.3. The highest BCUT2D eigenvalue weighted by atomic mass is 16.5. The normalized spacial score (nSPS) is 14.3. The first-order valence-corrected chi connectivity index (χ1v) is 12.1. The second-order valence-corrected chi connectivity index (χ2v) is 8.93. The number of amides is 2. The number of benzene rings is 2. The molecule has 1 unspecified atom stereocenters. The Morgan fingerprint density at radius 3 is 2.53 bits per heavy atom. The highest BCUT2D eigenvalue weighted by molar-refractivity contribution is 6.01. The average molecular weight is 493 g/mol. The molecule has 0 saturated heterocycles. The minimum absolute atomic E-state index is 0.162. The number of carbonyl (C=O) groups is 2. The first kappa shape index (κ1) is 25.2. The maximum Gasteiger partial charge on any atom is 0.251 e. The standard InChI is InChI=1S/C26H32N6O4/c1-17-9-5-8-12-21(17)32(18(2)26(34)27-20-10-6-7-11-20)24(33)16-31-29-25(28-30-31)19-13-14-22(35-3)23(15-19)36-4/h5,8-9,12-15,18,20H,6-7,10-11,16H2,1-4H3,(H,27,34). The van der Waals surface area contributed by atoms with E-state index in [1.807, 2.05) is 31.2 Å². The summed E-state index contributed by atoms with van der Waals surface area (Å²) in [5.41, 5.74) is 2.24. The van der Waals surface area contributed by atoms with Gasteiger partial charge in [-0.15, -0.1) is 10.2 Å². The molecule has 1 aliphatic rings. The summed E-state index contributed by atoms with van der Waals surface area (Å²) in [4.78, 5) is 29.4. The van der Waals surface area contributed by atoms with Crippen LogP contribution in [0.25, 0.3) is 11.4 Å². The van der Waals surface area contributed by atoms with E-state index in [0.717, 1.165) is 31.2 Å². The highest BCUT2D eigenvalue weighted by Crippen LogP contribution is 2.31. The minimum Gasteiger partial charge on any atom is -0.493 e. The zero-order valence-corrected chi connectivity index (χ0v) is 21.1. The Labute approximate surface area is 210 Å². The number of anilines is 1. The summed E-state index contributed by atoms with van der Waals surface area (Å²) in [7, 11) is 3.11. The first-order chi connectivity index (χ1) is 17.4. The predicted molar refractivity (Wildman–Crippen MR) is 135 cm³/mol. The molecular formula is C26H32N6O4. The largest absolute Gasteiger partial charge is 0.493 e. The number of rotatable bonds is 9. The van der Waals surface area contributed by atoms with Gasteiger partial charge in [0.05, 0.1) is 14.2 Å². The van der Waals surface area contributed by atoms with E-state index in [-0.39, 0.29) is 24.4 Å². The quantitative estimate of drug-likeness (QED) is 0.488. The number of aromatic nitrogens is 4. The van der Waals surface area contributed by atoms with Gasteiger partial charge in [0.2, 0.25) is 11.7 Å². The summed E-state index contributed by atoms with van der Waals surface area (Å²) in [5.74, 6) is 0.988. The van der Waals surface area contributed by atoms with Gasteiger partial charge in [0.1, 0.15) is 12.6 Å². The summed E-state index contributed by atoms with van der Waals surface area (Å²) in [6.07, 6.45) is 4.16. The summed E-state index contributed by atoms with van der Waals surface area (Å²) >= 11 is 0. The van der Waals surface area contributed by atoms with Crippen molar-refractivity contribution < 1.29 is 19.1 Å². The lowest BCUT2D eigenvalue weighted by Gasteiger charge is -2.30. The van der Waals surface area contributed by atoms with E-state index in [1.54, 1.807) is 39.3 Å². The van der Waals surface area contributed by atoms with E-state index in [2.05, 4.69) is 20.7 Å². The number of methoxy groups -OCH3 is 2. The van der Waals surface area contributed by atoms with Crippen molar-refractivity contribution in [1.82, 2.24) is 25.5 Å². The third kappa shape index (κ3) is 5.48. The Hall–Kier alpha value is -3.95. The highest BCUT2D eigenvalue weighted by Gasteiger charge is 2.31. The van der Waals surface area contributed by atoms with Crippen LogP contribution in [0.2, 0.25) is 0 Å². The van der Waals surface area contributed by atoms with Crippen LogP contribution in [0.1, 0.15) is 38.2 Å². The predicted octanol–water partition coefficient (Wildman–Crippen LogP) is 3.15. The molecule has 2 amide bonds. The summed E-state index contributed by atoms with van der Waals surface area (Å²) < 4.78 is 10.6. The van der Waals surface area contributed by atoms with Gasteiger partial charge in [-0.2, -0.15) is 4.80 Å². The van der Waals surface area contributed by atoms with Gasteiger partial charge in [-0.1, -0.05) is 31.0 Å². The van der Waals surface area contributed by atoms with Crippen LogP contribution in [0.4, 0.5) is 5.69 Å². The molecule has 1 atom stereocenters. The van der Waals surface area contributed by atoms with Gasteiger partial charge >= 0.3 is 0 Å². The number of para-hydroxylation sites is 1. The fourth-order valence-corrected chi connectivity index (χ4v) is 4.50. The molecule has 1 saturated carbocycles. The van der Waals surface area contributed by atoms with E-state index in [1.165, 1.54) is 9.70 Å². The molecule has 0 bridgehead atoms. The van der Waals surface area contributed by atoms with Crippen LogP contribution in [0.5, 0.6) is 11.5 Å². The first-order valence-electron chi connectivity index (χ1n) is 12.1. The zero-order valence-electron chi connectivity index (χ0n) is 21.1. The molecular weight excluding hydrogens is 460 g/mol. The molecule has 0 spiro atoms. The monoisotopic (exact) mass is 492 g/mol. The summed E-state index contributed by atoms with van der Waals surface area (Å²) in [5, 5.41) is 15.7. The number of nitrogens with zero attached hydrogens (tertiary/aromatic N) is 5. The molecule has 36 heavy (non-hydrogen) atoms. The molecule has 1 fully saturated rings. The van der Waals surface area contributed by atoms with Crippen molar-refractivity contribution in [1.29, 1.82) is 0 Å². The van der Waals surface area contributed by atoms with Crippen molar-refractivity contribution in [3.63, 3.8) is 0 Å². The molecule has 10 heteroatoms. The van der Waals surface area contributed by atoms with Gasteiger partial charge in [0.15, 0.2) is 11.5 Å². The van der Waals surface area contributed by atoms with Crippen LogP contribution in [-0.2, 0) is 16.1 Å². The second kappa shape index (κ2) is 11.2. The molecule has 1 aromatic heterocycles. The Morgan fingerprint density at radius 1 is 1.11 bits per heavy atom. The number of hydrogen-bond donors (Lipinski definition) is 1. The van der Waals surface area contributed by atoms with E-state index < -0.39 is 6.04 Å². The molecule has 4 rings (SSSR count). The lowest BCUT2D eigenvalue weighted by atomic mass is 10.1. The number of aryl methyl sites for hydroxylation is 1. The van der Waals surface area contributed by atoms with Crippen LogP contribution in [0.3, 0.4) is 0 Å². The fraction of sp³-hybridized carbons (Fsp3) is 0.423. The van der Waals surface area contributed by atoms with Crippen molar-refractivity contribution in [2.75, 3.05) is 19.1 Å². The zero-order chi connectivity index (χ0) is 25.7. The number of tetrazole rings is 1. The van der Waals surface area contributed by atoms with Gasteiger partial charge in [-0.25, -0.2) is 0 Å². The topological polar surface area (TPSA) is 111 Å². The maximum atomic E-state index is 13.6. The molecule has 2 aromatic carbocycles. The van der Waals surface area contributed by atoms with Crippen LogP contribution in [0.15, 0.2) is 42.5 Å². The van der Waals surface area contributed by atoms with Gasteiger partial charge in [-0.3, -0.25) is 14.5 Å². The maximum absolute atomic E-state index is 13.6. The molecule has 0 radical (unpaired) electrons. The fourth-order valence-electron chi connectivity index (χ4n) is 4.50. The number of hydrogen-bond acceptors (Lipinski definition) is 7. The van der Waals surface area contributed by atoms with Crippen molar-refractivity contribution >= 4 is 17.5 Å². The molecule has 1 N–H and O–H groups in total. The van der Waals surface area contributed by atoms with Gasteiger partial charge in [0, 0.05) is 17.3 Å². The van der Waals surface area contributed by atoms with Crippen molar-refractivity contribution in [3.05, 3.63) is 48.0 Å². The number of carbonyl (C=O) groups excluding carboxylic acids is 2. The molecule has 1 heterocycles. The molecule has 1 aliphatic carbocycles. The molecule has 190 valence electrons. The van der Waals surface area contributed by atoms with Crippen LogP contribution >= 0.6 is 0 Å². The Morgan fingerprint density at radius 2 is 1.83 bits per heavy atom. The summed E-state index contributed by atoms with van der Waals surface area (Å²) in [6.45, 7) is 3.49. The minimum atomic E-state index is -0.701. The van der Waals surface area contributed by atoms with Crippen molar-refractivity contribution in [2.45, 2.75) is 58.2 Å². The smallest absolute Gasteiger partial charge is 0.251 e. The molecule has 10 nitrogen and oxygen atoms in total. The Balaban J connectivity index is 1.56. The van der Waals surface area contributed by atoms with Gasteiger partial charge < -0.3 is 14.8 Å². The molecule has 0 aliphatic heterocycles. The third-order valence-corrected chi connectivity index (χ3v) is 6.48. The van der Waals surface area contributed by atoms with E-state index >= 15 is 0 Å². The van der Waals surface area contributed by atoms with Crippen LogP contribution in [0, 0.1) is 6.92 Å². The van der Waals surface area contributed by atoms with E-state index in [4.69, 9.17) is 9.47 Å². The second-order valence-electron chi connectivity index (χ2n) is 8.93. The Kier molecular flexibility index (Phi) is 7.82. The SMILES string of the molecule is COc1ccc(-c2nnn(CC(=O)N(c3ccccc3C)C(C)C(=O)NC3CCCC3)n2)cc1OC.